The predicted octanol–water partition coefficient (Wildman–Crippen LogP) is 1.64. The lowest BCUT2D eigenvalue weighted by atomic mass is 10.3. The van der Waals surface area contributed by atoms with Crippen LogP contribution in [-0.2, 0) is 10.1 Å². The van der Waals surface area contributed by atoms with E-state index in [2.05, 4.69) is 5.10 Å². The van der Waals surface area contributed by atoms with Gasteiger partial charge in [0.1, 0.15) is 11.4 Å². The van der Waals surface area contributed by atoms with E-state index in [-0.39, 0.29) is 16.3 Å². The molecule has 1 aromatic heterocycles. The van der Waals surface area contributed by atoms with Crippen LogP contribution in [0.25, 0.3) is 5.69 Å². The molecule has 20 heavy (non-hydrogen) atoms. The van der Waals surface area contributed by atoms with E-state index >= 15 is 0 Å². The van der Waals surface area contributed by atoms with E-state index in [0.717, 1.165) is 0 Å². The van der Waals surface area contributed by atoms with Crippen LogP contribution in [0, 0.1) is 24.0 Å². The van der Waals surface area contributed by atoms with Gasteiger partial charge in [0.05, 0.1) is 15.5 Å². The molecule has 1 heterocycles. The second kappa shape index (κ2) is 4.69. The standard InChI is InChI=1S/C11H11N3O5S/c1-7-11(14(15)16)8(2)13(12-7)9-3-5-10(6-4-9)20(17,18)19/h3-6H,1-2H3,(H,17,18,19). The second-order valence-electron chi connectivity index (χ2n) is 4.16. The molecule has 2 aromatic rings. The quantitative estimate of drug-likeness (QED) is 0.523. The monoisotopic (exact) mass is 297 g/mol. The normalized spacial score (nSPS) is 11.6. The van der Waals surface area contributed by atoms with E-state index in [9.17, 15) is 18.5 Å². The first-order chi connectivity index (χ1) is 9.21. The zero-order valence-corrected chi connectivity index (χ0v) is 11.5. The fraction of sp³-hybridized carbons (Fsp3) is 0.182. The highest BCUT2D eigenvalue weighted by Gasteiger charge is 2.22. The third-order valence-electron chi connectivity index (χ3n) is 2.81. The van der Waals surface area contributed by atoms with Gasteiger partial charge in [0.15, 0.2) is 0 Å². The van der Waals surface area contributed by atoms with Crippen LogP contribution >= 0.6 is 0 Å². The molecule has 0 fully saturated rings. The number of aromatic nitrogens is 2. The molecule has 0 saturated carbocycles. The van der Waals surface area contributed by atoms with E-state index in [1.54, 1.807) is 6.92 Å². The molecule has 0 atom stereocenters. The van der Waals surface area contributed by atoms with E-state index < -0.39 is 15.0 Å². The van der Waals surface area contributed by atoms with Crippen LogP contribution in [0.1, 0.15) is 11.4 Å². The first-order valence-electron chi connectivity index (χ1n) is 5.50. The topological polar surface area (TPSA) is 115 Å². The van der Waals surface area contributed by atoms with Crippen molar-refractivity contribution < 1.29 is 17.9 Å². The number of aryl methyl sites for hydroxylation is 1. The average Bonchev–Trinajstić information content (AvgIpc) is 2.64. The molecule has 0 unspecified atom stereocenters. The minimum absolute atomic E-state index is 0.0798. The van der Waals surface area contributed by atoms with E-state index in [0.29, 0.717) is 11.4 Å². The second-order valence-corrected chi connectivity index (χ2v) is 5.58. The summed E-state index contributed by atoms with van der Waals surface area (Å²) in [6, 6.07) is 5.22. The minimum Gasteiger partial charge on any atom is -0.282 e. The maximum Gasteiger partial charge on any atom is 0.313 e. The number of nitrogens with zero attached hydrogens (tertiary/aromatic N) is 3. The van der Waals surface area contributed by atoms with Gasteiger partial charge >= 0.3 is 5.69 Å². The summed E-state index contributed by atoms with van der Waals surface area (Å²) >= 11 is 0. The summed E-state index contributed by atoms with van der Waals surface area (Å²) in [4.78, 5) is 10.1. The lowest BCUT2D eigenvalue weighted by Gasteiger charge is -2.04. The number of hydrogen-bond donors (Lipinski definition) is 1. The SMILES string of the molecule is Cc1nn(-c2ccc(S(=O)(=O)O)cc2)c(C)c1[N+](=O)[O-]. The molecular weight excluding hydrogens is 286 g/mol. The van der Waals surface area contributed by atoms with Crippen LogP contribution in [0.2, 0.25) is 0 Å². The fourth-order valence-corrected chi connectivity index (χ4v) is 2.39. The Morgan fingerprint density at radius 3 is 2.20 bits per heavy atom. The Morgan fingerprint density at radius 1 is 1.25 bits per heavy atom. The van der Waals surface area contributed by atoms with Gasteiger partial charge in [0, 0.05) is 0 Å². The molecule has 1 aromatic carbocycles. The van der Waals surface area contributed by atoms with Gasteiger partial charge in [-0.15, -0.1) is 0 Å². The fourth-order valence-electron chi connectivity index (χ4n) is 1.91. The van der Waals surface area contributed by atoms with Gasteiger partial charge in [-0.3, -0.25) is 14.7 Å². The summed E-state index contributed by atoms with van der Waals surface area (Å²) in [5, 5.41) is 15.0. The summed E-state index contributed by atoms with van der Waals surface area (Å²) in [6.07, 6.45) is 0. The number of rotatable bonds is 3. The van der Waals surface area contributed by atoms with Gasteiger partial charge in [-0.1, -0.05) is 0 Å². The van der Waals surface area contributed by atoms with Crippen LogP contribution in [0.15, 0.2) is 29.2 Å². The Labute approximate surface area is 114 Å². The Morgan fingerprint density at radius 2 is 1.80 bits per heavy atom. The van der Waals surface area contributed by atoms with Gasteiger partial charge in [0.25, 0.3) is 10.1 Å². The van der Waals surface area contributed by atoms with Gasteiger partial charge in [0.2, 0.25) is 0 Å². The van der Waals surface area contributed by atoms with Crippen molar-refractivity contribution in [3.05, 3.63) is 45.8 Å². The molecule has 0 aliphatic carbocycles. The Kier molecular flexibility index (Phi) is 3.32. The lowest BCUT2D eigenvalue weighted by Crippen LogP contribution is -2.02. The maximum atomic E-state index is 10.9. The van der Waals surface area contributed by atoms with Crippen molar-refractivity contribution >= 4 is 15.8 Å². The van der Waals surface area contributed by atoms with Gasteiger partial charge in [-0.05, 0) is 38.1 Å². The molecule has 9 heteroatoms. The zero-order chi connectivity index (χ0) is 15.1. The Bertz CT molecular complexity index is 777. The number of benzene rings is 1. The van der Waals surface area contributed by atoms with Gasteiger partial charge in [-0.2, -0.15) is 13.5 Å². The number of nitro groups is 1. The highest BCUT2D eigenvalue weighted by atomic mass is 32.2. The van der Waals surface area contributed by atoms with Crippen molar-refractivity contribution in [3.8, 4) is 5.69 Å². The first-order valence-corrected chi connectivity index (χ1v) is 6.94. The number of hydrogen-bond acceptors (Lipinski definition) is 5. The van der Waals surface area contributed by atoms with Crippen LogP contribution < -0.4 is 0 Å². The largest absolute Gasteiger partial charge is 0.313 e. The average molecular weight is 297 g/mol. The van der Waals surface area contributed by atoms with Crippen LogP contribution in [0.4, 0.5) is 5.69 Å². The molecule has 1 N–H and O–H groups in total. The van der Waals surface area contributed by atoms with Crippen LogP contribution in [-0.4, -0.2) is 27.7 Å². The van der Waals surface area contributed by atoms with Crippen LogP contribution in [0.5, 0.6) is 0 Å². The molecule has 0 aliphatic rings. The summed E-state index contributed by atoms with van der Waals surface area (Å²) in [7, 11) is -4.27. The van der Waals surface area contributed by atoms with E-state index in [1.165, 1.54) is 35.9 Å². The highest BCUT2D eigenvalue weighted by Crippen LogP contribution is 2.25. The zero-order valence-electron chi connectivity index (χ0n) is 10.6. The molecule has 8 nitrogen and oxygen atoms in total. The van der Waals surface area contributed by atoms with Crippen molar-refractivity contribution in [1.82, 2.24) is 9.78 Å². The van der Waals surface area contributed by atoms with Gasteiger partial charge < -0.3 is 0 Å². The molecule has 0 spiro atoms. The smallest absolute Gasteiger partial charge is 0.282 e. The molecule has 0 radical (unpaired) electrons. The van der Waals surface area contributed by atoms with Crippen molar-refractivity contribution in [3.63, 3.8) is 0 Å². The maximum absolute atomic E-state index is 10.9. The molecular formula is C11H11N3O5S. The van der Waals surface area contributed by atoms with Crippen molar-refractivity contribution in [2.24, 2.45) is 0 Å². The Hall–Kier alpha value is -2.26. The highest BCUT2D eigenvalue weighted by molar-refractivity contribution is 7.85. The summed E-state index contributed by atoms with van der Waals surface area (Å²) in [5.41, 5.74) is 0.994. The molecule has 0 aliphatic heterocycles. The predicted molar refractivity (Wildman–Crippen MR) is 69.5 cm³/mol. The van der Waals surface area contributed by atoms with Crippen molar-refractivity contribution in [1.29, 1.82) is 0 Å². The molecule has 106 valence electrons. The van der Waals surface area contributed by atoms with Crippen molar-refractivity contribution in [2.45, 2.75) is 18.7 Å². The summed E-state index contributed by atoms with van der Waals surface area (Å²) in [5.74, 6) is 0. The molecule has 0 saturated heterocycles. The van der Waals surface area contributed by atoms with E-state index in [1.807, 2.05) is 0 Å². The summed E-state index contributed by atoms with van der Waals surface area (Å²) < 4.78 is 32.1. The molecule has 0 bridgehead atoms. The van der Waals surface area contributed by atoms with Crippen LogP contribution in [0.3, 0.4) is 0 Å². The summed E-state index contributed by atoms with van der Waals surface area (Å²) in [6.45, 7) is 3.07. The Balaban J connectivity index is 2.53. The molecule has 0 amide bonds. The third kappa shape index (κ3) is 2.40. The molecule has 2 rings (SSSR count). The van der Waals surface area contributed by atoms with E-state index in [4.69, 9.17) is 4.55 Å². The first kappa shape index (κ1) is 14.2. The van der Waals surface area contributed by atoms with Crippen molar-refractivity contribution in [2.75, 3.05) is 0 Å². The minimum atomic E-state index is -4.27. The lowest BCUT2D eigenvalue weighted by molar-refractivity contribution is -0.386. The van der Waals surface area contributed by atoms with Gasteiger partial charge in [-0.25, -0.2) is 4.68 Å². The third-order valence-corrected chi connectivity index (χ3v) is 3.68.